The third-order valence-corrected chi connectivity index (χ3v) is 7.06. The Morgan fingerprint density at radius 3 is 2.61 bits per heavy atom. The molecule has 4 aromatic rings. The predicted octanol–water partition coefficient (Wildman–Crippen LogP) is 6.92. The van der Waals surface area contributed by atoms with Gasteiger partial charge in [-0.05, 0) is 92.5 Å². The second-order valence-electron chi connectivity index (χ2n) is 8.53. The largest absolute Gasteiger partial charge is 0.481 e. The number of benzene rings is 2. The Kier molecular flexibility index (Phi) is 5.30. The van der Waals surface area contributed by atoms with E-state index < -0.39 is 0 Å². The van der Waals surface area contributed by atoms with Crippen molar-refractivity contribution in [2.45, 2.75) is 44.6 Å². The van der Waals surface area contributed by atoms with Crippen molar-refractivity contribution in [1.82, 2.24) is 14.8 Å². The number of halogens is 2. The number of methoxy groups -OCH3 is 1. The lowest BCUT2D eigenvalue weighted by Crippen LogP contribution is -2.23. The molecule has 0 aliphatic heterocycles. The van der Waals surface area contributed by atoms with E-state index >= 15 is 0 Å². The first-order valence-corrected chi connectivity index (χ1v) is 11.2. The van der Waals surface area contributed by atoms with Crippen molar-refractivity contribution >= 4 is 33.4 Å². The molecule has 6 heteroatoms. The molecular formula is C25H25ClFN3O. The van der Waals surface area contributed by atoms with Crippen LogP contribution in [0.15, 0.2) is 48.7 Å². The monoisotopic (exact) mass is 437 g/mol. The van der Waals surface area contributed by atoms with Crippen LogP contribution in [0.1, 0.15) is 50.1 Å². The molecule has 31 heavy (non-hydrogen) atoms. The standard InChI is InChI=1S/C25H25ClFN3O/c1-15(30-25(31-2)21-9-7-18(26)13-24(21)29-30)16-3-5-17(6-4-16)20-11-12-28-23-10-8-19(27)14-22(20)23/h7-17H,3-6H2,1-2H3/t15-,16?,17?/m1/s1. The summed E-state index contributed by atoms with van der Waals surface area (Å²) in [6.07, 6.45) is 6.16. The highest BCUT2D eigenvalue weighted by Gasteiger charge is 2.30. The molecule has 0 bridgehead atoms. The van der Waals surface area contributed by atoms with Gasteiger partial charge in [0.15, 0.2) is 0 Å². The Morgan fingerprint density at radius 1 is 1.03 bits per heavy atom. The minimum Gasteiger partial charge on any atom is -0.481 e. The van der Waals surface area contributed by atoms with Gasteiger partial charge in [0.05, 0.1) is 29.6 Å². The van der Waals surface area contributed by atoms with Gasteiger partial charge < -0.3 is 4.74 Å². The van der Waals surface area contributed by atoms with Crippen LogP contribution in [0.5, 0.6) is 5.88 Å². The summed E-state index contributed by atoms with van der Waals surface area (Å²) in [7, 11) is 1.69. The molecule has 1 aliphatic carbocycles. The molecule has 0 amide bonds. The van der Waals surface area contributed by atoms with Gasteiger partial charge in [0.2, 0.25) is 5.88 Å². The maximum atomic E-state index is 13.9. The molecule has 2 heterocycles. The van der Waals surface area contributed by atoms with E-state index in [-0.39, 0.29) is 11.9 Å². The molecule has 5 rings (SSSR count). The van der Waals surface area contributed by atoms with Gasteiger partial charge in [0.1, 0.15) is 5.82 Å². The first-order chi connectivity index (χ1) is 15.0. The summed E-state index contributed by atoms with van der Waals surface area (Å²) in [5.74, 6) is 1.51. The lowest BCUT2D eigenvalue weighted by molar-refractivity contribution is 0.219. The van der Waals surface area contributed by atoms with E-state index in [1.54, 1.807) is 19.2 Å². The van der Waals surface area contributed by atoms with E-state index in [0.717, 1.165) is 53.4 Å². The van der Waals surface area contributed by atoms with E-state index in [1.165, 1.54) is 11.6 Å². The number of fused-ring (bicyclic) bond motifs is 2. The zero-order valence-corrected chi connectivity index (χ0v) is 18.4. The van der Waals surface area contributed by atoms with Crippen molar-refractivity contribution in [2.24, 2.45) is 5.92 Å². The molecule has 0 spiro atoms. The van der Waals surface area contributed by atoms with Gasteiger partial charge in [-0.25, -0.2) is 9.07 Å². The Balaban J connectivity index is 1.38. The van der Waals surface area contributed by atoms with Gasteiger partial charge in [0.25, 0.3) is 0 Å². The number of rotatable bonds is 4. The fourth-order valence-corrected chi connectivity index (χ4v) is 5.31. The molecule has 0 radical (unpaired) electrons. The quantitative estimate of drug-likeness (QED) is 0.348. The molecule has 1 saturated carbocycles. The van der Waals surface area contributed by atoms with Crippen molar-refractivity contribution in [2.75, 3.05) is 7.11 Å². The van der Waals surface area contributed by atoms with Crippen LogP contribution in [0.4, 0.5) is 4.39 Å². The summed E-state index contributed by atoms with van der Waals surface area (Å²) in [6, 6.07) is 12.9. The van der Waals surface area contributed by atoms with Crippen molar-refractivity contribution in [3.05, 3.63) is 65.1 Å². The Labute approximate surface area is 186 Å². The zero-order chi connectivity index (χ0) is 21.5. The molecule has 2 aromatic carbocycles. The average molecular weight is 438 g/mol. The van der Waals surface area contributed by atoms with E-state index in [4.69, 9.17) is 21.4 Å². The number of nitrogens with zero attached hydrogens (tertiary/aromatic N) is 3. The Morgan fingerprint density at radius 2 is 1.84 bits per heavy atom. The van der Waals surface area contributed by atoms with Crippen LogP contribution in [0.25, 0.3) is 21.8 Å². The molecule has 0 unspecified atom stereocenters. The summed E-state index contributed by atoms with van der Waals surface area (Å²) in [5, 5.41) is 7.40. The van der Waals surface area contributed by atoms with E-state index in [9.17, 15) is 4.39 Å². The second kappa shape index (κ2) is 8.12. The van der Waals surface area contributed by atoms with E-state index in [2.05, 4.69) is 18.0 Å². The van der Waals surface area contributed by atoms with Gasteiger partial charge >= 0.3 is 0 Å². The topological polar surface area (TPSA) is 39.9 Å². The minimum absolute atomic E-state index is 0.206. The van der Waals surface area contributed by atoms with Crippen LogP contribution in [-0.2, 0) is 0 Å². The SMILES string of the molecule is COc1c2ccc(Cl)cc2nn1[C@H](C)C1CCC(c2ccnc3ccc(F)cc23)CC1. The summed E-state index contributed by atoms with van der Waals surface area (Å²) < 4.78 is 21.6. The van der Waals surface area contributed by atoms with Crippen LogP contribution >= 0.6 is 11.6 Å². The normalized spacial score (nSPS) is 20.3. The predicted molar refractivity (Wildman–Crippen MR) is 122 cm³/mol. The maximum absolute atomic E-state index is 13.9. The minimum atomic E-state index is -0.206. The van der Waals surface area contributed by atoms with Crippen molar-refractivity contribution in [1.29, 1.82) is 0 Å². The van der Waals surface area contributed by atoms with Crippen molar-refractivity contribution in [3.8, 4) is 5.88 Å². The lowest BCUT2D eigenvalue weighted by Gasteiger charge is -2.33. The fourth-order valence-electron chi connectivity index (χ4n) is 5.14. The van der Waals surface area contributed by atoms with Gasteiger partial charge in [-0.1, -0.05) is 11.6 Å². The highest BCUT2D eigenvalue weighted by atomic mass is 35.5. The van der Waals surface area contributed by atoms with Crippen LogP contribution in [0, 0.1) is 11.7 Å². The number of ether oxygens (including phenoxy) is 1. The molecular weight excluding hydrogens is 413 g/mol. The molecule has 0 N–H and O–H groups in total. The maximum Gasteiger partial charge on any atom is 0.219 e. The molecule has 1 fully saturated rings. The third kappa shape index (κ3) is 3.65. The molecule has 0 saturated heterocycles. The Bertz CT molecular complexity index is 1250. The van der Waals surface area contributed by atoms with Crippen molar-refractivity contribution < 1.29 is 9.13 Å². The third-order valence-electron chi connectivity index (χ3n) is 6.82. The number of pyridine rings is 1. The molecule has 2 aromatic heterocycles. The summed E-state index contributed by atoms with van der Waals surface area (Å²) in [6.45, 7) is 2.22. The lowest BCUT2D eigenvalue weighted by atomic mass is 9.75. The summed E-state index contributed by atoms with van der Waals surface area (Å²) >= 11 is 6.16. The highest BCUT2D eigenvalue weighted by molar-refractivity contribution is 6.31. The molecule has 1 aliphatic rings. The molecule has 1 atom stereocenters. The van der Waals surface area contributed by atoms with E-state index in [1.807, 2.05) is 29.1 Å². The fraction of sp³-hybridized carbons (Fsp3) is 0.360. The van der Waals surface area contributed by atoms with Crippen LogP contribution in [0.2, 0.25) is 5.02 Å². The smallest absolute Gasteiger partial charge is 0.219 e. The summed E-state index contributed by atoms with van der Waals surface area (Å²) in [4.78, 5) is 4.41. The molecule has 4 nitrogen and oxygen atoms in total. The van der Waals surface area contributed by atoms with Gasteiger partial charge in [0, 0.05) is 16.6 Å². The first kappa shape index (κ1) is 20.3. The first-order valence-electron chi connectivity index (χ1n) is 10.8. The van der Waals surface area contributed by atoms with Crippen molar-refractivity contribution in [3.63, 3.8) is 0 Å². The van der Waals surface area contributed by atoms with E-state index in [0.29, 0.717) is 16.9 Å². The summed E-state index contributed by atoms with van der Waals surface area (Å²) in [5.41, 5.74) is 2.93. The van der Waals surface area contributed by atoms with Crippen LogP contribution in [-0.4, -0.2) is 21.9 Å². The number of hydrogen-bond donors (Lipinski definition) is 0. The van der Waals surface area contributed by atoms with Crippen LogP contribution < -0.4 is 4.74 Å². The average Bonchev–Trinajstić information content (AvgIpc) is 3.15. The van der Waals surface area contributed by atoms with Gasteiger partial charge in [-0.3, -0.25) is 4.98 Å². The zero-order valence-electron chi connectivity index (χ0n) is 17.7. The molecule has 160 valence electrons. The van der Waals surface area contributed by atoms with Gasteiger partial charge in [-0.2, -0.15) is 5.10 Å². The second-order valence-corrected chi connectivity index (χ2v) is 8.97. The highest BCUT2D eigenvalue weighted by Crippen LogP contribution is 2.43. The van der Waals surface area contributed by atoms with Gasteiger partial charge in [-0.15, -0.1) is 0 Å². The Hall–Kier alpha value is -2.66. The number of aromatic nitrogens is 3. The number of hydrogen-bond acceptors (Lipinski definition) is 3. The van der Waals surface area contributed by atoms with Crippen LogP contribution in [0.3, 0.4) is 0 Å².